The second kappa shape index (κ2) is 8.77. The molecule has 0 bridgehead atoms. The standard InChI is InChI=1S/C40H28N4Si/c1-45(2)33-19-11-8-16-29(33)35-34(45)23-22-31-36(35)37(24-12-4-3-5-13-24)43-40(42-31)44-32-18-10-7-15-26(32)28-21-20-27-25-14-6-9-17-30(25)41-38(27)39(28)44/h3-23,41H,1-2H3. The van der Waals surface area contributed by atoms with Crippen molar-refractivity contribution in [2.75, 3.05) is 0 Å². The maximum Gasteiger partial charge on any atom is 0.235 e. The zero-order chi connectivity index (χ0) is 29.9. The molecule has 4 heterocycles. The summed E-state index contributed by atoms with van der Waals surface area (Å²) in [4.78, 5) is 14.7. The summed E-state index contributed by atoms with van der Waals surface area (Å²) in [5.74, 6) is 0.682. The summed E-state index contributed by atoms with van der Waals surface area (Å²) in [5, 5.41) is 8.88. The first kappa shape index (κ1) is 24.9. The Balaban J connectivity index is 1.38. The Kier molecular flexibility index (Phi) is 4.85. The van der Waals surface area contributed by atoms with Crippen molar-refractivity contribution >= 4 is 73.0 Å². The number of aromatic nitrogens is 4. The molecule has 9 aromatic rings. The third kappa shape index (κ3) is 3.25. The van der Waals surface area contributed by atoms with E-state index < -0.39 is 8.07 Å². The molecule has 0 fully saturated rings. The SMILES string of the molecule is C[Si]1(C)c2ccccc2-c2c1ccc1nc(-n3c4ccccc4c4ccc5c6ccccc6[nH]c5c43)nc(-c3ccccc3)c21. The van der Waals surface area contributed by atoms with Crippen molar-refractivity contribution in [2.45, 2.75) is 13.1 Å². The highest BCUT2D eigenvalue weighted by Crippen LogP contribution is 2.41. The molecule has 0 saturated heterocycles. The average Bonchev–Trinajstić information content (AvgIpc) is 3.71. The third-order valence-corrected chi connectivity index (χ3v) is 13.5. The molecule has 4 nitrogen and oxygen atoms in total. The van der Waals surface area contributed by atoms with Crippen LogP contribution in [0.2, 0.25) is 13.1 Å². The van der Waals surface area contributed by atoms with Crippen LogP contribution in [0, 0.1) is 0 Å². The van der Waals surface area contributed by atoms with E-state index in [2.05, 4.69) is 150 Å². The maximum atomic E-state index is 5.53. The number of rotatable bonds is 2. The van der Waals surface area contributed by atoms with Gasteiger partial charge in [-0.15, -0.1) is 0 Å². The Morgan fingerprint density at radius 1 is 0.600 bits per heavy atom. The van der Waals surface area contributed by atoms with Crippen LogP contribution in [0.25, 0.3) is 82.8 Å². The fraction of sp³-hybridized carbons (Fsp3) is 0.0500. The van der Waals surface area contributed by atoms with Crippen LogP contribution in [0.4, 0.5) is 0 Å². The van der Waals surface area contributed by atoms with Gasteiger partial charge in [-0.3, -0.25) is 4.57 Å². The minimum Gasteiger partial charge on any atom is -0.353 e. The second-order valence-electron chi connectivity index (χ2n) is 12.7. The van der Waals surface area contributed by atoms with Gasteiger partial charge in [0.05, 0.1) is 27.8 Å². The van der Waals surface area contributed by atoms with Gasteiger partial charge in [0.15, 0.2) is 0 Å². The van der Waals surface area contributed by atoms with Gasteiger partial charge in [-0.1, -0.05) is 122 Å². The van der Waals surface area contributed by atoms with E-state index >= 15 is 0 Å². The molecular formula is C40H28N4Si. The molecule has 45 heavy (non-hydrogen) atoms. The Hall–Kier alpha value is -5.52. The highest BCUT2D eigenvalue weighted by Gasteiger charge is 2.39. The highest BCUT2D eigenvalue weighted by atomic mass is 28.3. The smallest absolute Gasteiger partial charge is 0.235 e. The number of para-hydroxylation sites is 2. The number of nitrogens with one attached hydrogen (secondary N) is 1. The molecule has 5 heteroatoms. The Bertz CT molecular complexity index is 2680. The molecule has 1 aliphatic rings. The van der Waals surface area contributed by atoms with E-state index in [1.54, 1.807) is 0 Å². The van der Waals surface area contributed by atoms with Crippen LogP contribution in [-0.4, -0.2) is 27.6 Å². The number of hydrogen-bond donors (Lipinski definition) is 1. The fourth-order valence-corrected chi connectivity index (χ4v) is 11.0. The van der Waals surface area contributed by atoms with Crippen molar-refractivity contribution in [1.29, 1.82) is 0 Å². The van der Waals surface area contributed by atoms with E-state index in [1.807, 2.05) is 0 Å². The number of hydrogen-bond acceptors (Lipinski definition) is 2. The lowest BCUT2D eigenvalue weighted by Crippen LogP contribution is -2.49. The van der Waals surface area contributed by atoms with E-state index in [1.165, 1.54) is 43.0 Å². The number of H-pyrrole nitrogens is 1. The van der Waals surface area contributed by atoms with Crippen LogP contribution in [0.5, 0.6) is 0 Å². The Labute approximate surface area is 260 Å². The van der Waals surface area contributed by atoms with Crippen LogP contribution in [0.3, 0.4) is 0 Å². The lowest BCUT2D eigenvalue weighted by Gasteiger charge is -2.19. The topological polar surface area (TPSA) is 46.5 Å². The molecule has 0 spiro atoms. The van der Waals surface area contributed by atoms with E-state index in [4.69, 9.17) is 9.97 Å². The molecule has 1 N–H and O–H groups in total. The first-order valence-corrected chi connectivity index (χ1v) is 18.5. The van der Waals surface area contributed by atoms with Crippen LogP contribution in [-0.2, 0) is 0 Å². The Morgan fingerprint density at radius 3 is 2.22 bits per heavy atom. The third-order valence-electron chi connectivity index (χ3n) is 9.96. The van der Waals surface area contributed by atoms with Gasteiger partial charge in [-0.05, 0) is 39.7 Å². The summed E-state index contributed by atoms with van der Waals surface area (Å²) in [6.07, 6.45) is 0. The molecule has 6 aromatic carbocycles. The largest absolute Gasteiger partial charge is 0.353 e. The minimum atomic E-state index is -1.87. The van der Waals surface area contributed by atoms with Crippen molar-refractivity contribution in [1.82, 2.24) is 19.5 Å². The van der Waals surface area contributed by atoms with Crippen LogP contribution in [0.1, 0.15) is 0 Å². The quantitative estimate of drug-likeness (QED) is 0.204. The van der Waals surface area contributed by atoms with E-state index in [0.29, 0.717) is 5.95 Å². The predicted molar refractivity (Wildman–Crippen MR) is 191 cm³/mol. The zero-order valence-electron chi connectivity index (χ0n) is 25.0. The normalized spacial score (nSPS) is 13.7. The summed E-state index contributed by atoms with van der Waals surface area (Å²) in [6.45, 7) is 4.93. The summed E-state index contributed by atoms with van der Waals surface area (Å²) < 4.78 is 2.27. The van der Waals surface area contributed by atoms with Crippen LogP contribution < -0.4 is 10.4 Å². The van der Waals surface area contributed by atoms with Crippen molar-refractivity contribution in [3.8, 4) is 28.3 Å². The summed E-state index contributed by atoms with van der Waals surface area (Å²) >= 11 is 0. The molecular weight excluding hydrogens is 565 g/mol. The van der Waals surface area contributed by atoms with Gasteiger partial charge in [-0.2, -0.15) is 0 Å². The summed E-state index contributed by atoms with van der Waals surface area (Å²) in [5.41, 5.74) is 10.1. The Morgan fingerprint density at radius 2 is 1.33 bits per heavy atom. The van der Waals surface area contributed by atoms with Gasteiger partial charge in [0.1, 0.15) is 8.07 Å². The monoisotopic (exact) mass is 592 g/mol. The molecule has 1 aliphatic heterocycles. The average molecular weight is 593 g/mol. The van der Waals surface area contributed by atoms with Crippen molar-refractivity contribution in [3.05, 3.63) is 127 Å². The van der Waals surface area contributed by atoms with Gasteiger partial charge in [-0.25, -0.2) is 9.97 Å². The second-order valence-corrected chi connectivity index (χ2v) is 17.0. The van der Waals surface area contributed by atoms with Crippen molar-refractivity contribution in [3.63, 3.8) is 0 Å². The van der Waals surface area contributed by atoms with Crippen molar-refractivity contribution in [2.24, 2.45) is 0 Å². The molecule has 0 atom stereocenters. The first-order chi connectivity index (χ1) is 22.1. The molecule has 0 saturated carbocycles. The van der Waals surface area contributed by atoms with E-state index in [-0.39, 0.29) is 0 Å². The lowest BCUT2D eigenvalue weighted by atomic mass is 9.97. The molecule has 212 valence electrons. The molecule has 3 aromatic heterocycles. The molecule has 0 aliphatic carbocycles. The van der Waals surface area contributed by atoms with Gasteiger partial charge in [0, 0.05) is 38.0 Å². The van der Waals surface area contributed by atoms with Gasteiger partial charge in [0.25, 0.3) is 0 Å². The highest BCUT2D eigenvalue weighted by molar-refractivity contribution is 7.04. The fourth-order valence-electron chi connectivity index (χ4n) is 7.89. The predicted octanol–water partition coefficient (Wildman–Crippen LogP) is 8.83. The first-order valence-electron chi connectivity index (χ1n) is 15.5. The summed E-state index contributed by atoms with van der Waals surface area (Å²) in [7, 11) is -1.87. The van der Waals surface area contributed by atoms with E-state index in [9.17, 15) is 0 Å². The number of benzene rings is 6. The maximum absolute atomic E-state index is 5.53. The number of fused-ring (bicyclic) bond motifs is 12. The lowest BCUT2D eigenvalue weighted by molar-refractivity contribution is 1.02. The van der Waals surface area contributed by atoms with E-state index in [0.717, 1.165) is 44.2 Å². The van der Waals surface area contributed by atoms with Gasteiger partial charge in [0.2, 0.25) is 5.95 Å². The zero-order valence-corrected chi connectivity index (χ0v) is 26.0. The van der Waals surface area contributed by atoms with Gasteiger partial charge >= 0.3 is 0 Å². The van der Waals surface area contributed by atoms with Crippen LogP contribution in [0.15, 0.2) is 127 Å². The number of nitrogens with zero attached hydrogens (tertiary/aromatic N) is 3. The van der Waals surface area contributed by atoms with Crippen LogP contribution >= 0.6 is 0 Å². The molecule has 0 unspecified atom stereocenters. The van der Waals surface area contributed by atoms with Crippen molar-refractivity contribution < 1.29 is 0 Å². The summed E-state index contributed by atoms with van der Waals surface area (Å²) in [6, 6.07) is 45.8. The molecule has 0 amide bonds. The number of aromatic amines is 1. The minimum absolute atomic E-state index is 0.682. The van der Waals surface area contributed by atoms with Gasteiger partial charge < -0.3 is 4.98 Å². The molecule has 10 rings (SSSR count). The molecule has 0 radical (unpaired) electrons.